The number of hydrogen-bond acceptors (Lipinski definition) is 4. The smallest absolute Gasteiger partial charge is 0.323 e. The van der Waals surface area contributed by atoms with Gasteiger partial charge in [-0.1, -0.05) is 6.07 Å². The summed E-state index contributed by atoms with van der Waals surface area (Å²) in [6, 6.07) is 5.65. The van der Waals surface area contributed by atoms with Crippen LogP contribution >= 0.6 is 15.9 Å². The predicted molar refractivity (Wildman–Crippen MR) is 57.8 cm³/mol. The second kappa shape index (κ2) is 3.90. The van der Waals surface area contributed by atoms with Crippen LogP contribution in [0.5, 0.6) is 0 Å². The second-order valence-corrected chi connectivity index (χ2v) is 3.71. The number of rotatable bonds is 3. The zero-order valence-electron chi connectivity index (χ0n) is 7.53. The molecule has 0 saturated heterocycles. The van der Waals surface area contributed by atoms with E-state index in [4.69, 9.17) is 9.52 Å². The number of aliphatic carboxylic acids is 1. The highest BCUT2D eigenvalue weighted by Gasteiger charge is 2.08. The number of fused-ring (bicyclic) bond motifs is 1. The van der Waals surface area contributed by atoms with Crippen LogP contribution in [0.1, 0.15) is 0 Å². The molecule has 0 aliphatic carbocycles. The highest BCUT2D eigenvalue weighted by molar-refractivity contribution is 9.10. The molecule has 15 heavy (non-hydrogen) atoms. The number of carboxylic acids is 1. The van der Waals surface area contributed by atoms with E-state index in [9.17, 15) is 4.79 Å². The Hall–Kier alpha value is -1.56. The molecule has 0 aliphatic heterocycles. The van der Waals surface area contributed by atoms with E-state index >= 15 is 0 Å². The quantitative estimate of drug-likeness (QED) is 0.893. The number of anilines is 1. The summed E-state index contributed by atoms with van der Waals surface area (Å²) >= 11 is 3.31. The maximum absolute atomic E-state index is 10.3. The number of carbonyl (C=O) groups is 1. The van der Waals surface area contributed by atoms with Gasteiger partial charge in [-0.15, -0.1) is 0 Å². The summed E-state index contributed by atoms with van der Waals surface area (Å²) in [7, 11) is 0. The molecule has 0 fully saturated rings. The van der Waals surface area contributed by atoms with E-state index in [1.54, 1.807) is 6.07 Å². The standard InChI is InChI=1S/C9H7BrN2O3/c10-5-2-1-3-6-8(5)15-9(12-6)11-4-7(13)14/h1-3H,4H2,(H,11,12)(H,13,14). The number of aromatic nitrogens is 1. The largest absolute Gasteiger partial charge is 0.480 e. The van der Waals surface area contributed by atoms with Crippen LogP contribution in [0.25, 0.3) is 11.1 Å². The fourth-order valence-corrected chi connectivity index (χ4v) is 1.58. The average Bonchev–Trinajstić information content (AvgIpc) is 2.59. The normalized spacial score (nSPS) is 10.5. The summed E-state index contributed by atoms with van der Waals surface area (Å²) in [5.41, 5.74) is 1.28. The second-order valence-electron chi connectivity index (χ2n) is 2.85. The van der Waals surface area contributed by atoms with Crippen molar-refractivity contribution < 1.29 is 14.3 Å². The van der Waals surface area contributed by atoms with Crippen LogP contribution in [-0.4, -0.2) is 22.6 Å². The number of benzene rings is 1. The van der Waals surface area contributed by atoms with Crippen molar-refractivity contribution in [2.24, 2.45) is 0 Å². The van der Waals surface area contributed by atoms with Crippen molar-refractivity contribution in [1.29, 1.82) is 0 Å². The lowest BCUT2D eigenvalue weighted by Crippen LogP contribution is -2.12. The molecule has 1 aromatic carbocycles. The number of oxazole rings is 1. The van der Waals surface area contributed by atoms with Crippen molar-refractivity contribution in [2.45, 2.75) is 0 Å². The summed E-state index contributed by atoms with van der Waals surface area (Å²) in [6.45, 7) is -0.218. The Kier molecular flexibility index (Phi) is 2.59. The average molecular weight is 271 g/mol. The lowest BCUT2D eigenvalue weighted by molar-refractivity contribution is -0.134. The van der Waals surface area contributed by atoms with Crippen LogP contribution in [-0.2, 0) is 4.79 Å². The van der Waals surface area contributed by atoms with Crippen molar-refractivity contribution >= 4 is 39.0 Å². The zero-order chi connectivity index (χ0) is 10.8. The predicted octanol–water partition coefficient (Wildman–Crippen LogP) is 2.09. The summed E-state index contributed by atoms with van der Waals surface area (Å²) in [6.07, 6.45) is 0. The third-order valence-electron chi connectivity index (χ3n) is 1.76. The minimum absolute atomic E-state index is 0.208. The molecule has 0 radical (unpaired) electrons. The van der Waals surface area contributed by atoms with Crippen LogP contribution in [0.3, 0.4) is 0 Å². The topological polar surface area (TPSA) is 75.4 Å². The summed E-state index contributed by atoms with van der Waals surface area (Å²) in [5, 5.41) is 11.0. The number of nitrogens with zero attached hydrogens (tertiary/aromatic N) is 1. The fraction of sp³-hybridized carbons (Fsp3) is 0.111. The highest BCUT2D eigenvalue weighted by atomic mass is 79.9. The van der Waals surface area contributed by atoms with Gasteiger partial charge in [0.15, 0.2) is 5.58 Å². The lowest BCUT2D eigenvalue weighted by atomic mass is 10.3. The van der Waals surface area contributed by atoms with E-state index in [2.05, 4.69) is 26.2 Å². The molecule has 0 amide bonds. The Labute approximate surface area is 93.2 Å². The first kappa shape index (κ1) is 9.97. The molecule has 0 spiro atoms. The van der Waals surface area contributed by atoms with Crippen molar-refractivity contribution in [2.75, 3.05) is 11.9 Å². The Morgan fingerprint density at radius 2 is 2.40 bits per heavy atom. The number of hydrogen-bond donors (Lipinski definition) is 2. The molecule has 0 unspecified atom stereocenters. The van der Waals surface area contributed by atoms with E-state index in [0.29, 0.717) is 11.1 Å². The van der Waals surface area contributed by atoms with E-state index in [-0.39, 0.29) is 12.6 Å². The van der Waals surface area contributed by atoms with Gasteiger partial charge in [-0.3, -0.25) is 4.79 Å². The first-order valence-electron chi connectivity index (χ1n) is 4.17. The Morgan fingerprint density at radius 3 is 3.07 bits per heavy atom. The first-order chi connectivity index (χ1) is 7.16. The minimum Gasteiger partial charge on any atom is -0.480 e. The molecule has 1 aromatic heterocycles. The molecule has 2 N–H and O–H groups in total. The van der Waals surface area contributed by atoms with E-state index in [1.165, 1.54) is 0 Å². The SMILES string of the molecule is O=C(O)CNc1nc2cccc(Br)c2o1. The third kappa shape index (κ3) is 2.10. The summed E-state index contributed by atoms with van der Waals surface area (Å²) in [5.74, 6) is -0.962. The Morgan fingerprint density at radius 1 is 1.60 bits per heavy atom. The molecule has 0 aliphatic rings. The van der Waals surface area contributed by atoms with Crippen molar-refractivity contribution in [3.63, 3.8) is 0 Å². The van der Waals surface area contributed by atoms with Crippen molar-refractivity contribution in [3.05, 3.63) is 22.7 Å². The molecular weight excluding hydrogens is 264 g/mol. The molecule has 0 bridgehead atoms. The van der Waals surface area contributed by atoms with E-state index in [0.717, 1.165) is 4.47 Å². The van der Waals surface area contributed by atoms with Gasteiger partial charge in [0.05, 0.1) is 4.47 Å². The van der Waals surface area contributed by atoms with E-state index < -0.39 is 5.97 Å². The summed E-state index contributed by atoms with van der Waals surface area (Å²) in [4.78, 5) is 14.4. The summed E-state index contributed by atoms with van der Waals surface area (Å²) < 4.78 is 6.10. The molecule has 0 saturated carbocycles. The van der Waals surface area contributed by atoms with Crippen LogP contribution < -0.4 is 5.32 Å². The molecule has 2 rings (SSSR count). The molecule has 6 heteroatoms. The lowest BCUT2D eigenvalue weighted by Gasteiger charge is -1.94. The molecular formula is C9H7BrN2O3. The van der Waals surface area contributed by atoms with Crippen LogP contribution in [0.15, 0.2) is 27.1 Å². The van der Waals surface area contributed by atoms with Crippen LogP contribution in [0, 0.1) is 0 Å². The number of para-hydroxylation sites is 1. The zero-order valence-corrected chi connectivity index (χ0v) is 9.11. The highest BCUT2D eigenvalue weighted by Crippen LogP contribution is 2.26. The first-order valence-corrected chi connectivity index (χ1v) is 4.97. The molecule has 0 atom stereocenters. The van der Waals surface area contributed by atoms with Gasteiger partial charge in [0.1, 0.15) is 12.1 Å². The molecule has 78 valence electrons. The fourth-order valence-electron chi connectivity index (χ4n) is 1.14. The maximum Gasteiger partial charge on any atom is 0.323 e. The monoisotopic (exact) mass is 270 g/mol. The van der Waals surface area contributed by atoms with Crippen molar-refractivity contribution in [1.82, 2.24) is 4.98 Å². The Balaban J connectivity index is 2.31. The van der Waals surface area contributed by atoms with Gasteiger partial charge in [-0.2, -0.15) is 4.98 Å². The van der Waals surface area contributed by atoms with Gasteiger partial charge in [0.25, 0.3) is 6.01 Å². The van der Waals surface area contributed by atoms with Crippen molar-refractivity contribution in [3.8, 4) is 0 Å². The van der Waals surface area contributed by atoms with Crippen LogP contribution in [0.4, 0.5) is 6.01 Å². The van der Waals surface area contributed by atoms with Gasteiger partial charge in [0.2, 0.25) is 0 Å². The van der Waals surface area contributed by atoms with Gasteiger partial charge in [-0.25, -0.2) is 0 Å². The minimum atomic E-state index is -0.962. The molecule has 1 heterocycles. The number of nitrogens with one attached hydrogen (secondary N) is 1. The van der Waals surface area contributed by atoms with Crippen LogP contribution in [0.2, 0.25) is 0 Å². The Bertz CT molecular complexity index is 509. The van der Waals surface area contributed by atoms with Gasteiger partial charge < -0.3 is 14.8 Å². The van der Waals surface area contributed by atoms with E-state index in [1.807, 2.05) is 12.1 Å². The van der Waals surface area contributed by atoms with Gasteiger partial charge in [-0.05, 0) is 28.1 Å². The maximum atomic E-state index is 10.3. The van der Waals surface area contributed by atoms with Gasteiger partial charge >= 0.3 is 5.97 Å². The third-order valence-corrected chi connectivity index (χ3v) is 2.38. The molecule has 2 aromatic rings. The van der Waals surface area contributed by atoms with Gasteiger partial charge in [0, 0.05) is 0 Å². The number of halogens is 1. The number of carboxylic acid groups (broad SMARTS) is 1. The molecule has 5 nitrogen and oxygen atoms in total.